The summed E-state index contributed by atoms with van der Waals surface area (Å²) in [5.74, 6) is -0.304. The lowest BCUT2D eigenvalue weighted by Gasteiger charge is -2.30. The van der Waals surface area contributed by atoms with Crippen LogP contribution in [-0.2, 0) is 20.9 Å². The van der Waals surface area contributed by atoms with E-state index in [1.165, 1.54) is 7.11 Å². The third-order valence-corrected chi connectivity index (χ3v) is 4.34. The van der Waals surface area contributed by atoms with Crippen molar-refractivity contribution < 1.29 is 28.9 Å². The van der Waals surface area contributed by atoms with Crippen molar-refractivity contribution >= 4 is 17.7 Å². The summed E-state index contributed by atoms with van der Waals surface area (Å²) in [7, 11) is 1.30. The number of ether oxygens (including phenoxy) is 3. The molecule has 0 fully saturated rings. The van der Waals surface area contributed by atoms with Gasteiger partial charge in [0.25, 0.3) is 0 Å². The second-order valence-corrected chi connectivity index (χ2v) is 6.24. The molecule has 0 spiro atoms. The highest BCUT2D eigenvalue weighted by Gasteiger charge is 2.31. The van der Waals surface area contributed by atoms with E-state index in [9.17, 15) is 14.7 Å². The maximum Gasteiger partial charge on any atom is 0.411 e. The van der Waals surface area contributed by atoms with E-state index in [0.29, 0.717) is 17.0 Å². The monoisotopic (exact) mass is 371 g/mol. The molecule has 2 unspecified atom stereocenters. The number of fused-ring (bicyclic) bond motifs is 1. The molecule has 0 radical (unpaired) electrons. The molecule has 1 amide bonds. The van der Waals surface area contributed by atoms with Crippen LogP contribution in [0, 0.1) is 5.92 Å². The standard InChI is InChI=1S/C20H21NO6/c1-25-18(22)9-14-12-26-17-8-7-15(10-16(17)19(14)23)21-20(24)27-11-13-5-3-2-4-6-13/h2-8,10,14,19,23H,9,11-12H2,1H3,(H,21,24). The molecule has 2 N–H and O–H groups in total. The van der Waals surface area contributed by atoms with Crippen molar-refractivity contribution in [2.45, 2.75) is 19.1 Å². The van der Waals surface area contributed by atoms with Crippen LogP contribution in [0.1, 0.15) is 23.7 Å². The first-order valence-electron chi connectivity index (χ1n) is 8.56. The van der Waals surface area contributed by atoms with E-state index in [0.717, 1.165) is 5.56 Å². The van der Waals surface area contributed by atoms with Crippen LogP contribution in [0.2, 0.25) is 0 Å². The number of hydrogen-bond acceptors (Lipinski definition) is 6. The summed E-state index contributed by atoms with van der Waals surface area (Å²) in [6.45, 7) is 0.375. The van der Waals surface area contributed by atoms with Crippen molar-refractivity contribution in [3.05, 3.63) is 59.7 Å². The van der Waals surface area contributed by atoms with Crippen LogP contribution in [0.4, 0.5) is 10.5 Å². The lowest BCUT2D eigenvalue weighted by Crippen LogP contribution is -2.28. The summed E-state index contributed by atoms with van der Waals surface area (Å²) in [6.07, 6.45) is -1.44. The number of amides is 1. The number of benzene rings is 2. The van der Waals surface area contributed by atoms with Crippen molar-refractivity contribution in [1.29, 1.82) is 0 Å². The van der Waals surface area contributed by atoms with Gasteiger partial charge in [-0.25, -0.2) is 4.79 Å². The first-order valence-corrected chi connectivity index (χ1v) is 8.56. The fourth-order valence-corrected chi connectivity index (χ4v) is 2.88. The van der Waals surface area contributed by atoms with Gasteiger partial charge < -0.3 is 19.3 Å². The summed E-state index contributed by atoms with van der Waals surface area (Å²) in [5, 5.41) is 13.2. The van der Waals surface area contributed by atoms with Gasteiger partial charge in [0, 0.05) is 17.2 Å². The molecule has 0 saturated carbocycles. The molecule has 7 nitrogen and oxygen atoms in total. The number of aliphatic hydroxyl groups excluding tert-OH is 1. The molecule has 2 aromatic carbocycles. The van der Waals surface area contributed by atoms with Crippen LogP contribution in [0.15, 0.2) is 48.5 Å². The molecule has 3 rings (SSSR count). The van der Waals surface area contributed by atoms with Gasteiger partial charge in [-0.1, -0.05) is 30.3 Å². The summed E-state index contributed by atoms with van der Waals surface area (Å²) in [6, 6.07) is 14.3. The minimum Gasteiger partial charge on any atom is -0.493 e. The SMILES string of the molecule is COC(=O)CC1COc2ccc(NC(=O)OCc3ccccc3)cc2C1O. The highest BCUT2D eigenvalue weighted by atomic mass is 16.5. The largest absolute Gasteiger partial charge is 0.493 e. The van der Waals surface area contributed by atoms with Crippen LogP contribution in [0.5, 0.6) is 5.75 Å². The summed E-state index contributed by atoms with van der Waals surface area (Å²) in [4.78, 5) is 23.5. The van der Waals surface area contributed by atoms with Gasteiger partial charge in [0.15, 0.2) is 0 Å². The Labute approximate surface area is 156 Å². The first kappa shape index (κ1) is 18.7. The zero-order chi connectivity index (χ0) is 19.2. The number of anilines is 1. The molecule has 0 saturated heterocycles. The predicted molar refractivity (Wildman–Crippen MR) is 97.3 cm³/mol. The number of rotatable bonds is 5. The van der Waals surface area contributed by atoms with Crippen LogP contribution in [0.3, 0.4) is 0 Å². The Balaban J connectivity index is 1.63. The van der Waals surface area contributed by atoms with E-state index in [4.69, 9.17) is 9.47 Å². The Kier molecular flexibility index (Phi) is 5.93. The molecule has 0 aromatic heterocycles. The zero-order valence-corrected chi connectivity index (χ0v) is 14.9. The number of nitrogens with one attached hydrogen (secondary N) is 1. The Hall–Kier alpha value is -3.06. The maximum absolute atomic E-state index is 12.0. The van der Waals surface area contributed by atoms with Gasteiger partial charge in [-0.05, 0) is 23.8 Å². The van der Waals surface area contributed by atoms with Crippen LogP contribution in [0.25, 0.3) is 0 Å². The Morgan fingerprint density at radius 1 is 1.22 bits per heavy atom. The second kappa shape index (κ2) is 8.55. The Morgan fingerprint density at radius 2 is 2.00 bits per heavy atom. The molecule has 1 aliphatic heterocycles. The third kappa shape index (κ3) is 4.77. The third-order valence-electron chi connectivity index (χ3n) is 4.34. The fraction of sp³-hybridized carbons (Fsp3) is 0.300. The van der Waals surface area contributed by atoms with Crippen LogP contribution < -0.4 is 10.1 Å². The molecule has 7 heteroatoms. The molecular weight excluding hydrogens is 350 g/mol. The lowest BCUT2D eigenvalue weighted by molar-refractivity contribution is -0.143. The molecule has 0 bridgehead atoms. The first-order chi connectivity index (χ1) is 13.1. The minimum atomic E-state index is -0.894. The van der Waals surface area contributed by atoms with Gasteiger partial charge >= 0.3 is 12.1 Å². The van der Waals surface area contributed by atoms with E-state index >= 15 is 0 Å². The van der Waals surface area contributed by atoms with Crippen molar-refractivity contribution in [2.24, 2.45) is 5.92 Å². The van der Waals surface area contributed by atoms with E-state index < -0.39 is 24.1 Å². The number of methoxy groups -OCH3 is 1. The van der Waals surface area contributed by atoms with Crippen molar-refractivity contribution in [1.82, 2.24) is 0 Å². The molecule has 142 valence electrons. The second-order valence-electron chi connectivity index (χ2n) is 6.24. The van der Waals surface area contributed by atoms with Gasteiger partial charge in [-0.15, -0.1) is 0 Å². The fourth-order valence-electron chi connectivity index (χ4n) is 2.88. The van der Waals surface area contributed by atoms with E-state index in [1.807, 2.05) is 30.3 Å². The van der Waals surface area contributed by atoms with Gasteiger partial charge in [0.05, 0.1) is 26.2 Å². The summed E-state index contributed by atoms with van der Waals surface area (Å²) >= 11 is 0. The number of carbonyl (C=O) groups excluding carboxylic acids is 2. The van der Waals surface area contributed by atoms with Crippen molar-refractivity contribution in [2.75, 3.05) is 19.0 Å². The average molecular weight is 371 g/mol. The molecule has 2 aromatic rings. The highest BCUT2D eigenvalue weighted by molar-refractivity contribution is 5.85. The molecule has 1 heterocycles. The summed E-state index contributed by atoms with van der Waals surface area (Å²) in [5.41, 5.74) is 1.86. The van der Waals surface area contributed by atoms with E-state index in [1.54, 1.807) is 18.2 Å². The normalized spacial score (nSPS) is 18.0. The van der Waals surface area contributed by atoms with Crippen molar-refractivity contribution in [3.8, 4) is 5.75 Å². The van der Waals surface area contributed by atoms with E-state index in [-0.39, 0.29) is 19.6 Å². The number of esters is 1. The minimum absolute atomic E-state index is 0.0495. The van der Waals surface area contributed by atoms with Gasteiger partial charge in [0.1, 0.15) is 12.4 Å². The van der Waals surface area contributed by atoms with Crippen LogP contribution in [-0.4, -0.2) is 30.9 Å². The number of aliphatic hydroxyl groups is 1. The summed E-state index contributed by atoms with van der Waals surface area (Å²) < 4.78 is 15.4. The Bertz CT molecular complexity index is 807. The van der Waals surface area contributed by atoms with E-state index in [2.05, 4.69) is 10.1 Å². The number of hydrogen-bond donors (Lipinski definition) is 2. The highest BCUT2D eigenvalue weighted by Crippen LogP contribution is 2.38. The van der Waals surface area contributed by atoms with Gasteiger partial charge in [0.2, 0.25) is 0 Å². The molecule has 2 atom stereocenters. The quantitative estimate of drug-likeness (QED) is 0.785. The molecular formula is C20H21NO6. The average Bonchev–Trinajstić information content (AvgIpc) is 2.69. The lowest BCUT2D eigenvalue weighted by atomic mass is 9.90. The number of carbonyl (C=O) groups is 2. The van der Waals surface area contributed by atoms with Crippen LogP contribution >= 0.6 is 0 Å². The predicted octanol–water partition coefficient (Wildman–Crippen LogP) is 3.04. The Morgan fingerprint density at radius 3 is 2.74 bits per heavy atom. The van der Waals surface area contributed by atoms with Gasteiger partial charge in [-0.3, -0.25) is 10.1 Å². The van der Waals surface area contributed by atoms with Crippen molar-refractivity contribution in [3.63, 3.8) is 0 Å². The molecule has 27 heavy (non-hydrogen) atoms. The zero-order valence-electron chi connectivity index (χ0n) is 14.9. The maximum atomic E-state index is 12.0. The molecule has 1 aliphatic rings. The smallest absolute Gasteiger partial charge is 0.411 e. The van der Waals surface area contributed by atoms with Gasteiger partial charge in [-0.2, -0.15) is 0 Å². The molecule has 0 aliphatic carbocycles. The topological polar surface area (TPSA) is 94.1 Å².